The van der Waals surface area contributed by atoms with Crippen molar-refractivity contribution in [3.8, 4) is 0 Å². The molecule has 17 heavy (non-hydrogen) atoms. The van der Waals surface area contributed by atoms with Gasteiger partial charge in [-0.15, -0.1) is 10.2 Å². The third-order valence-electron chi connectivity index (χ3n) is 2.80. The number of primary amides is 2. The molecule has 2 heterocycles. The van der Waals surface area contributed by atoms with Crippen LogP contribution in [-0.2, 0) is 16.1 Å². The summed E-state index contributed by atoms with van der Waals surface area (Å²) in [6, 6.07) is 0. The Bertz CT molecular complexity index is 444. The van der Waals surface area contributed by atoms with Gasteiger partial charge in [0.25, 0.3) is 5.91 Å². The predicted octanol–water partition coefficient (Wildman–Crippen LogP) is -0.895. The first kappa shape index (κ1) is 11.4. The maximum atomic E-state index is 11.1. The molecule has 1 unspecified atom stereocenters. The van der Waals surface area contributed by atoms with Gasteiger partial charge in [0.2, 0.25) is 0 Å². The molecule has 0 aromatic carbocycles. The molecule has 2 amide bonds. The van der Waals surface area contributed by atoms with Crippen LogP contribution in [0.2, 0.25) is 0 Å². The van der Waals surface area contributed by atoms with E-state index in [-0.39, 0.29) is 12.3 Å². The largest absolute Gasteiger partial charge is 0.436 e. The quantitative estimate of drug-likeness (QED) is 0.704. The van der Waals surface area contributed by atoms with E-state index >= 15 is 0 Å². The van der Waals surface area contributed by atoms with Crippen LogP contribution in [0.25, 0.3) is 0 Å². The summed E-state index contributed by atoms with van der Waals surface area (Å²) in [6.07, 6.45) is 0.714. The van der Waals surface area contributed by atoms with Crippen LogP contribution in [0.4, 0.5) is 4.79 Å². The Morgan fingerprint density at radius 3 is 3.00 bits per heavy atom. The van der Waals surface area contributed by atoms with Gasteiger partial charge in [-0.2, -0.15) is 0 Å². The van der Waals surface area contributed by atoms with Crippen molar-refractivity contribution in [2.45, 2.75) is 31.4 Å². The van der Waals surface area contributed by atoms with Crippen LogP contribution in [0.1, 0.15) is 24.6 Å². The minimum Gasteiger partial charge on any atom is -0.436 e. The molecule has 2 atom stereocenters. The Morgan fingerprint density at radius 2 is 2.35 bits per heavy atom. The second-order valence-electron chi connectivity index (χ2n) is 3.93. The molecule has 1 aromatic heterocycles. The van der Waals surface area contributed by atoms with Crippen LogP contribution in [-0.4, -0.2) is 32.9 Å². The van der Waals surface area contributed by atoms with Gasteiger partial charge >= 0.3 is 6.09 Å². The number of fused-ring (bicyclic) bond motifs is 1. The molecular formula is C9H13N5O3. The molecule has 0 saturated carbocycles. The van der Waals surface area contributed by atoms with E-state index in [0.29, 0.717) is 0 Å². The third-order valence-corrected chi connectivity index (χ3v) is 2.80. The van der Waals surface area contributed by atoms with E-state index < -0.39 is 18.1 Å². The molecule has 8 nitrogen and oxygen atoms in total. The van der Waals surface area contributed by atoms with Crippen molar-refractivity contribution >= 4 is 12.0 Å². The molecule has 8 heteroatoms. The summed E-state index contributed by atoms with van der Waals surface area (Å²) in [6.45, 7) is 0.787. The van der Waals surface area contributed by atoms with Crippen LogP contribution >= 0.6 is 0 Å². The lowest BCUT2D eigenvalue weighted by atomic mass is 9.99. The molecular weight excluding hydrogens is 226 g/mol. The SMILES string of the molecule is NC(=O)OC(C[C@@H]1CCn2cnnc21)C(N)=O. The molecule has 2 rings (SSSR count). The highest BCUT2D eigenvalue weighted by Gasteiger charge is 2.31. The number of nitrogens with two attached hydrogens (primary N) is 2. The number of rotatable bonds is 4. The Labute approximate surface area is 96.9 Å². The number of carbonyl (C=O) groups is 2. The van der Waals surface area contributed by atoms with E-state index in [1.807, 2.05) is 4.57 Å². The number of aryl methyl sites for hydroxylation is 1. The number of aromatic nitrogens is 3. The second kappa shape index (κ2) is 4.40. The highest BCUT2D eigenvalue weighted by Crippen LogP contribution is 2.30. The summed E-state index contributed by atoms with van der Waals surface area (Å²) in [5, 5.41) is 7.73. The standard InChI is InChI=1S/C9H13N5O3/c10-7(15)6(17-9(11)16)3-5-1-2-14-4-12-13-8(5)14/h4-6H,1-3H2,(H2,10,15)(H2,11,16)/t5-,6?/m0/s1. The van der Waals surface area contributed by atoms with E-state index in [0.717, 1.165) is 18.8 Å². The molecule has 0 spiro atoms. The zero-order valence-electron chi connectivity index (χ0n) is 9.07. The van der Waals surface area contributed by atoms with Crippen LogP contribution < -0.4 is 11.5 Å². The number of ether oxygens (including phenoxy) is 1. The zero-order valence-corrected chi connectivity index (χ0v) is 9.07. The number of amides is 2. The van der Waals surface area contributed by atoms with Gasteiger partial charge < -0.3 is 20.8 Å². The fourth-order valence-corrected chi connectivity index (χ4v) is 2.02. The first-order valence-corrected chi connectivity index (χ1v) is 5.21. The lowest BCUT2D eigenvalue weighted by Gasteiger charge is -2.16. The smallest absolute Gasteiger partial charge is 0.405 e. The summed E-state index contributed by atoms with van der Waals surface area (Å²) in [7, 11) is 0. The van der Waals surface area contributed by atoms with Gasteiger partial charge in [0, 0.05) is 18.9 Å². The molecule has 1 aromatic rings. The van der Waals surface area contributed by atoms with Crippen LogP contribution in [0.5, 0.6) is 0 Å². The van der Waals surface area contributed by atoms with Crippen LogP contribution in [0.3, 0.4) is 0 Å². The molecule has 1 aliphatic heterocycles. The van der Waals surface area contributed by atoms with Crippen molar-refractivity contribution in [2.75, 3.05) is 0 Å². The highest BCUT2D eigenvalue weighted by atomic mass is 16.6. The van der Waals surface area contributed by atoms with Crippen molar-refractivity contribution in [3.05, 3.63) is 12.2 Å². The lowest BCUT2D eigenvalue weighted by molar-refractivity contribution is -0.126. The zero-order chi connectivity index (χ0) is 12.4. The van der Waals surface area contributed by atoms with Crippen molar-refractivity contribution in [3.63, 3.8) is 0 Å². The van der Waals surface area contributed by atoms with E-state index in [2.05, 4.69) is 14.9 Å². The average Bonchev–Trinajstić information content (AvgIpc) is 2.80. The van der Waals surface area contributed by atoms with Gasteiger partial charge in [0.1, 0.15) is 12.2 Å². The van der Waals surface area contributed by atoms with Gasteiger partial charge in [-0.05, 0) is 6.42 Å². The molecule has 1 aliphatic rings. The molecule has 4 N–H and O–H groups in total. The maximum absolute atomic E-state index is 11.1. The van der Waals surface area contributed by atoms with Crippen molar-refractivity contribution in [1.29, 1.82) is 0 Å². The molecule has 0 radical (unpaired) electrons. The van der Waals surface area contributed by atoms with E-state index in [4.69, 9.17) is 11.5 Å². The summed E-state index contributed by atoms with van der Waals surface area (Å²) in [4.78, 5) is 21.8. The number of hydrogen-bond acceptors (Lipinski definition) is 5. The Balaban J connectivity index is 2.05. The van der Waals surface area contributed by atoms with Gasteiger partial charge in [0.05, 0.1) is 0 Å². The van der Waals surface area contributed by atoms with Crippen LogP contribution in [0, 0.1) is 0 Å². The summed E-state index contributed by atoms with van der Waals surface area (Å²) < 4.78 is 6.57. The summed E-state index contributed by atoms with van der Waals surface area (Å²) >= 11 is 0. The highest BCUT2D eigenvalue weighted by molar-refractivity contribution is 5.81. The van der Waals surface area contributed by atoms with E-state index in [9.17, 15) is 9.59 Å². The monoisotopic (exact) mass is 239 g/mol. The van der Waals surface area contributed by atoms with Crippen molar-refractivity contribution in [2.24, 2.45) is 11.5 Å². The Hall–Kier alpha value is -2.12. The maximum Gasteiger partial charge on any atom is 0.405 e. The fraction of sp³-hybridized carbons (Fsp3) is 0.556. The van der Waals surface area contributed by atoms with Gasteiger partial charge in [-0.3, -0.25) is 4.79 Å². The lowest BCUT2D eigenvalue weighted by Crippen LogP contribution is -2.36. The molecule has 0 fully saturated rings. The first-order valence-electron chi connectivity index (χ1n) is 5.21. The second-order valence-corrected chi connectivity index (χ2v) is 3.93. The number of nitrogens with zero attached hydrogens (tertiary/aromatic N) is 3. The number of hydrogen-bond donors (Lipinski definition) is 2. The molecule has 92 valence electrons. The number of carbonyl (C=O) groups excluding carboxylic acids is 2. The first-order chi connectivity index (χ1) is 8.08. The van der Waals surface area contributed by atoms with Crippen molar-refractivity contribution in [1.82, 2.24) is 14.8 Å². The van der Waals surface area contributed by atoms with Crippen molar-refractivity contribution < 1.29 is 14.3 Å². The molecule has 0 aliphatic carbocycles. The minimum atomic E-state index is -1.01. The summed E-state index contributed by atoms with van der Waals surface area (Å²) in [5.41, 5.74) is 10.0. The Kier molecular flexibility index (Phi) is 2.94. The minimum absolute atomic E-state index is 0.00866. The van der Waals surface area contributed by atoms with Gasteiger partial charge in [-0.1, -0.05) is 0 Å². The molecule has 0 saturated heterocycles. The normalized spacial score (nSPS) is 19.6. The Morgan fingerprint density at radius 1 is 1.59 bits per heavy atom. The predicted molar refractivity (Wildman–Crippen MR) is 55.6 cm³/mol. The van der Waals surface area contributed by atoms with Gasteiger partial charge in [-0.25, -0.2) is 4.79 Å². The fourth-order valence-electron chi connectivity index (χ4n) is 2.02. The summed E-state index contributed by atoms with van der Waals surface area (Å²) in [5.74, 6) is 0.0837. The van der Waals surface area contributed by atoms with Crippen LogP contribution in [0.15, 0.2) is 6.33 Å². The topological polar surface area (TPSA) is 126 Å². The average molecular weight is 239 g/mol. The van der Waals surface area contributed by atoms with Gasteiger partial charge in [0.15, 0.2) is 6.10 Å². The molecule has 0 bridgehead atoms. The van der Waals surface area contributed by atoms with E-state index in [1.54, 1.807) is 6.33 Å². The van der Waals surface area contributed by atoms with E-state index in [1.165, 1.54) is 0 Å². The third kappa shape index (κ3) is 2.35.